The minimum Gasteiger partial charge on any atom is -0.496 e. The summed E-state index contributed by atoms with van der Waals surface area (Å²) in [5.74, 6) is 2.14. The van der Waals surface area contributed by atoms with Crippen LogP contribution in [0.15, 0.2) is 81.7 Å². The molecule has 9 nitrogen and oxygen atoms in total. The number of nitrogens with zero attached hydrogens (tertiary/aromatic N) is 4. The van der Waals surface area contributed by atoms with E-state index < -0.39 is 6.10 Å². The lowest BCUT2D eigenvalue weighted by atomic mass is 10.1. The second-order valence-corrected chi connectivity index (χ2v) is 10.1. The normalized spacial score (nSPS) is 15.3. The van der Waals surface area contributed by atoms with Crippen LogP contribution in [0.4, 0.5) is 4.39 Å². The van der Waals surface area contributed by atoms with E-state index in [1.54, 1.807) is 37.4 Å². The van der Waals surface area contributed by atoms with Gasteiger partial charge in [0.15, 0.2) is 11.3 Å². The highest BCUT2D eigenvalue weighted by atomic mass is 19.1. The van der Waals surface area contributed by atoms with Crippen molar-refractivity contribution in [2.45, 2.75) is 12.6 Å². The minimum atomic E-state index is -0.643. The number of rotatable bonds is 10. The molecule has 1 N–H and O–H groups in total. The first-order chi connectivity index (χ1) is 20.0. The van der Waals surface area contributed by atoms with Gasteiger partial charge in [0.2, 0.25) is 5.89 Å². The quantitative estimate of drug-likeness (QED) is 0.258. The fourth-order valence-electron chi connectivity index (χ4n) is 5.01. The van der Waals surface area contributed by atoms with Gasteiger partial charge in [0.25, 0.3) is 0 Å². The van der Waals surface area contributed by atoms with E-state index in [0.29, 0.717) is 41.4 Å². The Morgan fingerprint density at radius 2 is 1.80 bits per heavy atom. The predicted molar refractivity (Wildman–Crippen MR) is 151 cm³/mol. The van der Waals surface area contributed by atoms with Crippen LogP contribution in [-0.2, 0) is 6.54 Å². The Morgan fingerprint density at radius 1 is 0.976 bits per heavy atom. The molecule has 5 aromatic rings. The summed E-state index contributed by atoms with van der Waals surface area (Å²) in [6.45, 7) is 4.72. The standard InChI is InChI=1S/C31H31FN4O5/c1-38-29-8-3-2-7-26(29)27-17-25(41-34-27)19-36-13-11-35(12-14-36)18-23(37)20-39-24-9-10-30-28(16-24)33-31(40-30)21-5-4-6-22(32)15-21/h2-10,15-17,23,37H,11-14,18-20H2,1H3/t23-/m1/s1. The van der Waals surface area contributed by atoms with E-state index in [4.69, 9.17) is 18.4 Å². The first-order valence-electron chi connectivity index (χ1n) is 13.5. The van der Waals surface area contributed by atoms with Crippen molar-refractivity contribution in [2.75, 3.05) is 46.4 Å². The van der Waals surface area contributed by atoms with Crippen molar-refractivity contribution in [2.24, 2.45) is 0 Å². The van der Waals surface area contributed by atoms with Crippen LogP contribution in [0.1, 0.15) is 5.76 Å². The zero-order valence-electron chi connectivity index (χ0n) is 22.7. The number of aliphatic hydroxyl groups is 1. The summed E-state index contributed by atoms with van der Waals surface area (Å²) in [4.78, 5) is 9.01. The van der Waals surface area contributed by atoms with Crippen LogP contribution < -0.4 is 9.47 Å². The van der Waals surface area contributed by atoms with Crippen LogP contribution in [0.3, 0.4) is 0 Å². The third-order valence-electron chi connectivity index (χ3n) is 7.13. The predicted octanol–water partition coefficient (Wildman–Crippen LogP) is 4.86. The molecule has 0 amide bonds. The molecule has 1 aliphatic rings. The second-order valence-electron chi connectivity index (χ2n) is 10.1. The van der Waals surface area contributed by atoms with Crippen molar-refractivity contribution in [3.8, 4) is 34.2 Å². The summed E-state index contributed by atoms with van der Waals surface area (Å²) in [6, 6.07) is 21.1. The van der Waals surface area contributed by atoms with Gasteiger partial charge >= 0.3 is 0 Å². The Bertz CT molecular complexity index is 1610. The van der Waals surface area contributed by atoms with E-state index in [2.05, 4.69) is 19.9 Å². The molecule has 1 aliphatic heterocycles. The number of methoxy groups -OCH3 is 1. The molecular formula is C31H31FN4O5. The Labute approximate surface area is 236 Å². The summed E-state index contributed by atoms with van der Waals surface area (Å²) < 4.78 is 36.2. The third-order valence-corrected chi connectivity index (χ3v) is 7.13. The lowest BCUT2D eigenvalue weighted by Crippen LogP contribution is -2.48. The van der Waals surface area contributed by atoms with E-state index in [1.807, 2.05) is 30.3 Å². The number of ether oxygens (including phenoxy) is 2. The number of aromatic nitrogens is 2. The van der Waals surface area contributed by atoms with Gasteiger partial charge in [-0.1, -0.05) is 23.4 Å². The SMILES string of the molecule is COc1ccccc1-c1cc(CN2CCN(C[C@@H](O)COc3ccc4oc(-c5cccc(F)c5)nc4c3)CC2)on1. The van der Waals surface area contributed by atoms with Gasteiger partial charge in [0.05, 0.1) is 13.7 Å². The van der Waals surface area contributed by atoms with E-state index in [9.17, 15) is 9.50 Å². The van der Waals surface area contributed by atoms with Crippen molar-refractivity contribution in [1.82, 2.24) is 19.9 Å². The van der Waals surface area contributed by atoms with Crippen molar-refractivity contribution in [3.05, 3.63) is 84.4 Å². The number of hydrogen-bond donors (Lipinski definition) is 1. The lowest BCUT2D eigenvalue weighted by Gasteiger charge is -2.35. The van der Waals surface area contributed by atoms with Crippen molar-refractivity contribution in [3.63, 3.8) is 0 Å². The van der Waals surface area contributed by atoms with Crippen molar-refractivity contribution in [1.29, 1.82) is 0 Å². The van der Waals surface area contributed by atoms with Gasteiger partial charge in [-0.15, -0.1) is 0 Å². The van der Waals surface area contributed by atoms with Crippen LogP contribution in [0.5, 0.6) is 11.5 Å². The van der Waals surface area contributed by atoms with Gasteiger partial charge in [-0.05, 0) is 42.5 Å². The van der Waals surface area contributed by atoms with Gasteiger partial charge in [0, 0.05) is 56.0 Å². The van der Waals surface area contributed by atoms with Crippen LogP contribution in [0, 0.1) is 5.82 Å². The molecule has 2 aromatic heterocycles. The van der Waals surface area contributed by atoms with Crippen LogP contribution in [0.2, 0.25) is 0 Å². The molecule has 0 bridgehead atoms. The van der Waals surface area contributed by atoms with Gasteiger partial charge in [-0.2, -0.15) is 0 Å². The summed E-state index contributed by atoms with van der Waals surface area (Å²) in [5, 5.41) is 14.9. The van der Waals surface area contributed by atoms with Gasteiger partial charge in [0.1, 0.15) is 41.2 Å². The Hall–Kier alpha value is -4.25. The van der Waals surface area contributed by atoms with Gasteiger partial charge < -0.3 is 23.5 Å². The molecule has 0 radical (unpaired) electrons. The molecule has 0 aliphatic carbocycles. The summed E-state index contributed by atoms with van der Waals surface area (Å²) in [6.07, 6.45) is -0.643. The third kappa shape index (κ3) is 6.40. The highest BCUT2D eigenvalue weighted by molar-refractivity contribution is 5.77. The van der Waals surface area contributed by atoms with Gasteiger partial charge in [-0.3, -0.25) is 9.80 Å². The number of benzene rings is 3. The highest BCUT2D eigenvalue weighted by Gasteiger charge is 2.21. The highest BCUT2D eigenvalue weighted by Crippen LogP contribution is 2.30. The maximum atomic E-state index is 13.6. The monoisotopic (exact) mass is 558 g/mol. The van der Waals surface area contributed by atoms with Gasteiger partial charge in [-0.25, -0.2) is 9.37 Å². The lowest BCUT2D eigenvalue weighted by molar-refractivity contribution is 0.0430. The van der Waals surface area contributed by atoms with Crippen LogP contribution in [0.25, 0.3) is 33.8 Å². The molecule has 0 spiro atoms. The average Bonchev–Trinajstić information content (AvgIpc) is 3.64. The fraction of sp³-hybridized carbons (Fsp3) is 0.290. The fourth-order valence-corrected chi connectivity index (χ4v) is 5.01. The van der Waals surface area contributed by atoms with E-state index in [0.717, 1.165) is 48.9 Å². The Kier molecular flexibility index (Phi) is 7.95. The number of aliphatic hydroxyl groups excluding tert-OH is 1. The molecule has 0 saturated carbocycles. The molecule has 41 heavy (non-hydrogen) atoms. The number of oxazole rings is 1. The second kappa shape index (κ2) is 12.1. The summed E-state index contributed by atoms with van der Waals surface area (Å²) in [7, 11) is 1.65. The summed E-state index contributed by atoms with van der Waals surface area (Å²) >= 11 is 0. The molecule has 212 valence electrons. The first kappa shape index (κ1) is 26.9. The average molecular weight is 559 g/mol. The molecule has 3 heterocycles. The van der Waals surface area contributed by atoms with E-state index in [-0.39, 0.29) is 12.4 Å². The number of hydrogen-bond acceptors (Lipinski definition) is 9. The molecule has 1 atom stereocenters. The largest absolute Gasteiger partial charge is 0.496 e. The number of halogens is 1. The minimum absolute atomic E-state index is 0.157. The zero-order valence-corrected chi connectivity index (χ0v) is 22.7. The number of piperazine rings is 1. The Morgan fingerprint density at radius 3 is 2.63 bits per heavy atom. The number of β-amino-alcohol motifs (C(OH)–C–C–N with tert-alkyl or cyclic N) is 1. The molecule has 3 aromatic carbocycles. The van der Waals surface area contributed by atoms with E-state index in [1.165, 1.54) is 12.1 Å². The first-order valence-corrected chi connectivity index (χ1v) is 13.5. The molecule has 10 heteroatoms. The number of fused-ring (bicyclic) bond motifs is 1. The van der Waals surface area contributed by atoms with Crippen molar-refractivity contribution < 1.29 is 27.9 Å². The van der Waals surface area contributed by atoms with Crippen LogP contribution in [-0.4, -0.2) is 77.6 Å². The molecule has 1 saturated heterocycles. The zero-order chi connectivity index (χ0) is 28.2. The van der Waals surface area contributed by atoms with E-state index >= 15 is 0 Å². The smallest absolute Gasteiger partial charge is 0.227 e. The maximum Gasteiger partial charge on any atom is 0.227 e. The number of para-hydroxylation sites is 1. The molecular weight excluding hydrogens is 527 g/mol. The Balaban J connectivity index is 0.966. The van der Waals surface area contributed by atoms with Crippen LogP contribution >= 0.6 is 0 Å². The topological polar surface area (TPSA) is 97.2 Å². The summed E-state index contributed by atoms with van der Waals surface area (Å²) in [5.41, 5.74) is 3.41. The maximum absolute atomic E-state index is 13.6. The molecule has 6 rings (SSSR count). The van der Waals surface area contributed by atoms with Crippen molar-refractivity contribution >= 4 is 11.1 Å². The molecule has 0 unspecified atom stereocenters. The molecule has 1 fully saturated rings.